The van der Waals surface area contributed by atoms with Crippen LogP contribution >= 0.6 is 28.6 Å². The van der Waals surface area contributed by atoms with Crippen LogP contribution in [-0.4, -0.2) is 0 Å². The first kappa shape index (κ1) is 8.14. The molecule has 0 unspecified atom stereocenters. The summed E-state index contributed by atoms with van der Waals surface area (Å²) in [6.07, 6.45) is 0. The Hall–Kier alpha value is -0.470. The standard InChI is InChI=1S/C10H7BrS/c11-8-5-4-7-2-1-3-10(12)9(7)6-8/h1-6,12H. The highest BCUT2D eigenvalue weighted by Crippen LogP contribution is 2.24. The molecule has 12 heavy (non-hydrogen) atoms. The average Bonchev–Trinajstić information content (AvgIpc) is 2.07. The van der Waals surface area contributed by atoms with Gasteiger partial charge in [0.25, 0.3) is 0 Å². The van der Waals surface area contributed by atoms with Crippen molar-refractivity contribution in [2.75, 3.05) is 0 Å². The first-order valence-electron chi connectivity index (χ1n) is 3.64. The fourth-order valence-corrected chi connectivity index (χ4v) is 1.87. The lowest BCUT2D eigenvalue weighted by atomic mass is 10.1. The third-order valence-corrected chi connectivity index (χ3v) is 2.70. The van der Waals surface area contributed by atoms with Gasteiger partial charge >= 0.3 is 0 Å². The van der Waals surface area contributed by atoms with Crippen LogP contribution in [0.2, 0.25) is 0 Å². The molecule has 0 N–H and O–H groups in total. The average molecular weight is 239 g/mol. The molecule has 2 aromatic carbocycles. The Morgan fingerprint density at radius 1 is 1.08 bits per heavy atom. The van der Waals surface area contributed by atoms with Crippen molar-refractivity contribution in [3.05, 3.63) is 40.9 Å². The first-order chi connectivity index (χ1) is 5.77. The number of hydrogen-bond acceptors (Lipinski definition) is 1. The van der Waals surface area contributed by atoms with Gasteiger partial charge in [-0.25, -0.2) is 0 Å². The van der Waals surface area contributed by atoms with Gasteiger partial charge in [0.05, 0.1) is 0 Å². The van der Waals surface area contributed by atoms with E-state index >= 15 is 0 Å². The van der Waals surface area contributed by atoms with E-state index in [0.29, 0.717) is 0 Å². The molecule has 60 valence electrons. The maximum absolute atomic E-state index is 4.38. The molecule has 0 saturated carbocycles. The molecular formula is C10H7BrS. The quantitative estimate of drug-likeness (QED) is 0.662. The van der Waals surface area contributed by atoms with Crippen LogP contribution in [0.15, 0.2) is 45.8 Å². The first-order valence-corrected chi connectivity index (χ1v) is 4.88. The maximum Gasteiger partial charge on any atom is 0.0182 e. The summed E-state index contributed by atoms with van der Waals surface area (Å²) in [7, 11) is 0. The molecule has 2 heteroatoms. The van der Waals surface area contributed by atoms with Crippen LogP contribution in [0.3, 0.4) is 0 Å². The van der Waals surface area contributed by atoms with Gasteiger partial charge in [-0.2, -0.15) is 0 Å². The van der Waals surface area contributed by atoms with E-state index < -0.39 is 0 Å². The molecule has 0 atom stereocenters. The van der Waals surface area contributed by atoms with E-state index in [9.17, 15) is 0 Å². The highest BCUT2D eigenvalue weighted by Gasteiger charge is 1.96. The minimum absolute atomic E-state index is 1.02. The highest BCUT2D eigenvalue weighted by molar-refractivity contribution is 9.10. The molecule has 0 spiro atoms. The highest BCUT2D eigenvalue weighted by atomic mass is 79.9. The largest absolute Gasteiger partial charge is 0.143 e. The summed E-state index contributed by atoms with van der Waals surface area (Å²) < 4.78 is 1.09. The number of hydrogen-bond donors (Lipinski definition) is 1. The van der Waals surface area contributed by atoms with E-state index in [1.165, 1.54) is 10.8 Å². The number of thiol groups is 1. The van der Waals surface area contributed by atoms with Crippen molar-refractivity contribution in [2.45, 2.75) is 4.90 Å². The Bertz CT molecular complexity index is 423. The molecule has 0 radical (unpaired) electrons. The van der Waals surface area contributed by atoms with Crippen molar-refractivity contribution in [3.63, 3.8) is 0 Å². The van der Waals surface area contributed by atoms with Gasteiger partial charge in [0, 0.05) is 9.37 Å². The van der Waals surface area contributed by atoms with Crippen molar-refractivity contribution in [2.24, 2.45) is 0 Å². The summed E-state index contributed by atoms with van der Waals surface area (Å²) in [4.78, 5) is 1.02. The molecule has 0 amide bonds. The predicted molar refractivity (Wildman–Crippen MR) is 58.9 cm³/mol. The SMILES string of the molecule is Sc1cccc2ccc(Br)cc12. The van der Waals surface area contributed by atoms with Gasteiger partial charge in [-0.15, -0.1) is 12.6 Å². The second kappa shape index (κ2) is 3.11. The van der Waals surface area contributed by atoms with E-state index in [2.05, 4.69) is 46.8 Å². The van der Waals surface area contributed by atoms with E-state index in [-0.39, 0.29) is 0 Å². The zero-order valence-corrected chi connectivity index (χ0v) is 8.77. The Morgan fingerprint density at radius 3 is 2.75 bits per heavy atom. The van der Waals surface area contributed by atoms with E-state index in [4.69, 9.17) is 0 Å². The van der Waals surface area contributed by atoms with Crippen LogP contribution in [0.4, 0.5) is 0 Å². The topological polar surface area (TPSA) is 0 Å². The molecule has 0 bridgehead atoms. The zero-order chi connectivity index (χ0) is 8.55. The number of fused-ring (bicyclic) bond motifs is 1. The molecule has 0 heterocycles. The summed E-state index contributed by atoms with van der Waals surface area (Å²) in [6, 6.07) is 12.3. The number of halogens is 1. The van der Waals surface area contributed by atoms with Crippen LogP contribution in [0.1, 0.15) is 0 Å². The monoisotopic (exact) mass is 238 g/mol. The third kappa shape index (κ3) is 1.37. The smallest absolute Gasteiger partial charge is 0.0182 e. The van der Waals surface area contributed by atoms with Gasteiger partial charge in [-0.05, 0) is 29.0 Å². The van der Waals surface area contributed by atoms with Gasteiger partial charge < -0.3 is 0 Å². The lowest BCUT2D eigenvalue weighted by Gasteiger charge is -2.00. The Morgan fingerprint density at radius 2 is 1.92 bits per heavy atom. The maximum atomic E-state index is 4.38. The minimum atomic E-state index is 1.02. The Labute approximate surface area is 85.1 Å². The van der Waals surface area contributed by atoms with Gasteiger partial charge in [-0.1, -0.05) is 34.1 Å². The summed E-state index contributed by atoms with van der Waals surface area (Å²) in [6.45, 7) is 0. The van der Waals surface area contributed by atoms with Crippen LogP contribution in [0.25, 0.3) is 10.8 Å². The summed E-state index contributed by atoms with van der Waals surface area (Å²) in [5.74, 6) is 0. The molecule has 0 aromatic heterocycles. The lowest BCUT2D eigenvalue weighted by molar-refractivity contribution is 1.55. The fraction of sp³-hybridized carbons (Fsp3) is 0. The van der Waals surface area contributed by atoms with E-state index in [1.807, 2.05) is 18.2 Å². The second-order valence-electron chi connectivity index (χ2n) is 2.64. The van der Waals surface area contributed by atoms with Gasteiger partial charge in [0.2, 0.25) is 0 Å². The van der Waals surface area contributed by atoms with E-state index in [0.717, 1.165) is 9.37 Å². The second-order valence-corrected chi connectivity index (χ2v) is 4.04. The van der Waals surface area contributed by atoms with Crippen LogP contribution in [0, 0.1) is 0 Å². The van der Waals surface area contributed by atoms with Gasteiger partial charge in [-0.3, -0.25) is 0 Å². The van der Waals surface area contributed by atoms with Gasteiger partial charge in [0.1, 0.15) is 0 Å². The lowest BCUT2D eigenvalue weighted by Crippen LogP contribution is -1.74. The predicted octanol–water partition coefficient (Wildman–Crippen LogP) is 3.89. The molecule has 0 aliphatic carbocycles. The molecular weight excluding hydrogens is 232 g/mol. The molecule has 0 saturated heterocycles. The van der Waals surface area contributed by atoms with Crippen LogP contribution < -0.4 is 0 Å². The molecule has 0 aliphatic rings. The van der Waals surface area contributed by atoms with Crippen molar-refractivity contribution in [3.8, 4) is 0 Å². The Balaban J connectivity index is 2.88. The number of rotatable bonds is 0. The van der Waals surface area contributed by atoms with Gasteiger partial charge in [0.15, 0.2) is 0 Å². The molecule has 0 aliphatic heterocycles. The minimum Gasteiger partial charge on any atom is -0.143 e. The molecule has 0 nitrogen and oxygen atoms in total. The van der Waals surface area contributed by atoms with Crippen LogP contribution in [-0.2, 0) is 0 Å². The molecule has 0 fully saturated rings. The summed E-state index contributed by atoms with van der Waals surface area (Å²) in [5.41, 5.74) is 0. The summed E-state index contributed by atoms with van der Waals surface area (Å²) >= 11 is 7.81. The number of benzene rings is 2. The third-order valence-electron chi connectivity index (χ3n) is 1.82. The summed E-state index contributed by atoms with van der Waals surface area (Å²) in [5, 5.41) is 2.42. The van der Waals surface area contributed by atoms with Crippen molar-refractivity contribution >= 4 is 39.3 Å². The molecule has 2 aromatic rings. The fourth-order valence-electron chi connectivity index (χ4n) is 1.23. The normalized spacial score (nSPS) is 10.5. The van der Waals surface area contributed by atoms with Crippen molar-refractivity contribution < 1.29 is 0 Å². The molecule has 2 rings (SSSR count). The van der Waals surface area contributed by atoms with E-state index in [1.54, 1.807) is 0 Å². The Kier molecular flexibility index (Phi) is 2.11. The van der Waals surface area contributed by atoms with Crippen molar-refractivity contribution in [1.82, 2.24) is 0 Å². The van der Waals surface area contributed by atoms with Crippen molar-refractivity contribution in [1.29, 1.82) is 0 Å². The van der Waals surface area contributed by atoms with Crippen LogP contribution in [0.5, 0.6) is 0 Å². The zero-order valence-electron chi connectivity index (χ0n) is 6.29.